The summed E-state index contributed by atoms with van der Waals surface area (Å²) in [4.78, 5) is 25.2. The van der Waals surface area contributed by atoms with Crippen molar-refractivity contribution in [1.29, 1.82) is 0 Å². The van der Waals surface area contributed by atoms with Gasteiger partial charge in [-0.25, -0.2) is 9.78 Å². The van der Waals surface area contributed by atoms with Gasteiger partial charge in [-0.2, -0.15) is 4.98 Å². The normalized spacial score (nSPS) is 14.8. The largest absolute Gasteiger partial charge is 0.423 e. The molecule has 1 aliphatic rings. The first-order chi connectivity index (χ1) is 12.7. The van der Waals surface area contributed by atoms with E-state index >= 15 is 0 Å². The van der Waals surface area contributed by atoms with Crippen LogP contribution in [0.4, 0.5) is 10.8 Å². The minimum absolute atomic E-state index is 0.0181. The number of hydrogen-bond acceptors (Lipinski definition) is 6. The molecule has 1 N–H and O–H groups in total. The lowest BCUT2D eigenvalue weighted by Crippen LogP contribution is -2.52. The molecule has 0 spiro atoms. The van der Waals surface area contributed by atoms with E-state index in [0.29, 0.717) is 38.7 Å². The number of rotatable bonds is 4. The van der Waals surface area contributed by atoms with Crippen LogP contribution < -0.4 is 10.2 Å². The Morgan fingerprint density at radius 3 is 2.77 bits per heavy atom. The average molecular weight is 371 g/mol. The Labute approximate surface area is 155 Å². The number of amides is 2. The van der Waals surface area contributed by atoms with Crippen molar-refractivity contribution >= 4 is 34.5 Å². The Balaban J connectivity index is 1.26. The number of carbonyl (C=O) groups excluding carboxylic acids is 1. The van der Waals surface area contributed by atoms with Gasteiger partial charge in [-0.05, 0) is 19.1 Å². The van der Waals surface area contributed by atoms with Crippen LogP contribution in [-0.4, -0.2) is 53.6 Å². The lowest BCUT2D eigenvalue weighted by atomic mass is 10.3. The second-order valence-electron chi connectivity index (χ2n) is 6.30. The molecule has 4 rings (SSSR count). The molecule has 26 heavy (non-hydrogen) atoms. The Kier molecular flexibility index (Phi) is 4.75. The average Bonchev–Trinajstić information content (AvgIpc) is 3.27. The van der Waals surface area contributed by atoms with Gasteiger partial charge >= 0.3 is 6.03 Å². The summed E-state index contributed by atoms with van der Waals surface area (Å²) in [6.07, 6.45) is 0.771. The SMILES string of the molecule is Cc1csc(CCNC(=O)N2CCN(c3nc4ccccc4o3)CC2)n1. The van der Waals surface area contributed by atoms with Gasteiger partial charge in [0, 0.05) is 50.2 Å². The van der Waals surface area contributed by atoms with E-state index in [4.69, 9.17) is 4.42 Å². The Morgan fingerprint density at radius 2 is 2.04 bits per heavy atom. The third kappa shape index (κ3) is 3.65. The van der Waals surface area contributed by atoms with Gasteiger partial charge in [0.1, 0.15) is 5.52 Å². The second-order valence-corrected chi connectivity index (χ2v) is 7.25. The maximum absolute atomic E-state index is 12.3. The number of aryl methyl sites for hydroxylation is 1. The molecule has 0 radical (unpaired) electrons. The van der Waals surface area contributed by atoms with E-state index < -0.39 is 0 Å². The van der Waals surface area contributed by atoms with E-state index in [-0.39, 0.29) is 6.03 Å². The van der Waals surface area contributed by atoms with Gasteiger partial charge in [-0.1, -0.05) is 12.1 Å². The molecule has 0 atom stereocenters. The number of fused-ring (bicyclic) bond motifs is 1. The van der Waals surface area contributed by atoms with E-state index in [1.807, 2.05) is 41.5 Å². The highest BCUT2D eigenvalue weighted by molar-refractivity contribution is 7.09. The summed E-state index contributed by atoms with van der Waals surface area (Å²) < 4.78 is 5.81. The molecule has 0 unspecified atom stereocenters. The molecule has 136 valence electrons. The lowest BCUT2D eigenvalue weighted by Gasteiger charge is -2.33. The second kappa shape index (κ2) is 7.33. The van der Waals surface area contributed by atoms with Crippen molar-refractivity contribution < 1.29 is 9.21 Å². The van der Waals surface area contributed by atoms with E-state index in [2.05, 4.69) is 20.2 Å². The molecule has 0 saturated carbocycles. The quantitative estimate of drug-likeness (QED) is 0.763. The number of urea groups is 1. The Bertz CT molecular complexity index is 865. The van der Waals surface area contributed by atoms with E-state index in [1.165, 1.54) is 0 Å². The molecule has 3 heterocycles. The van der Waals surface area contributed by atoms with Crippen molar-refractivity contribution in [1.82, 2.24) is 20.2 Å². The van der Waals surface area contributed by atoms with Crippen LogP contribution in [0.25, 0.3) is 11.1 Å². The number of nitrogens with zero attached hydrogens (tertiary/aromatic N) is 4. The summed E-state index contributed by atoms with van der Waals surface area (Å²) in [5.41, 5.74) is 2.69. The van der Waals surface area contributed by atoms with Crippen molar-refractivity contribution in [2.75, 3.05) is 37.6 Å². The first kappa shape index (κ1) is 16.8. The first-order valence-electron chi connectivity index (χ1n) is 8.73. The predicted octanol–water partition coefficient (Wildman–Crippen LogP) is 2.67. The molecule has 2 amide bonds. The summed E-state index contributed by atoms with van der Waals surface area (Å²) in [6.45, 7) is 5.33. The summed E-state index contributed by atoms with van der Waals surface area (Å²) in [5, 5.41) is 6.07. The highest BCUT2D eigenvalue weighted by Crippen LogP contribution is 2.22. The van der Waals surface area contributed by atoms with Crippen molar-refractivity contribution in [3.05, 3.63) is 40.3 Å². The van der Waals surface area contributed by atoms with Crippen LogP contribution in [0.15, 0.2) is 34.1 Å². The smallest absolute Gasteiger partial charge is 0.317 e. The number of thiazole rings is 1. The first-order valence-corrected chi connectivity index (χ1v) is 9.61. The number of nitrogens with one attached hydrogen (secondary N) is 1. The fourth-order valence-corrected chi connectivity index (χ4v) is 3.78. The molecule has 2 aromatic heterocycles. The zero-order valence-electron chi connectivity index (χ0n) is 14.6. The summed E-state index contributed by atoms with van der Waals surface area (Å²) in [7, 11) is 0. The highest BCUT2D eigenvalue weighted by Gasteiger charge is 2.23. The van der Waals surface area contributed by atoms with Crippen LogP contribution in [-0.2, 0) is 6.42 Å². The van der Waals surface area contributed by atoms with E-state index in [0.717, 1.165) is 28.2 Å². The molecule has 1 saturated heterocycles. The molecule has 0 bridgehead atoms. The van der Waals surface area contributed by atoms with Crippen LogP contribution in [0.5, 0.6) is 0 Å². The predicted molar refractivity (Wildman–Crippen MR) is 102 cm³/mol. The molecule has 1 aromatic carbocycles. The zero-order chi connectivity index (χ0) is 17.9. The fourth-order valence-electron chi connectivity index (χ4n) is 3.00. The van der Waals surface area contributed by atoms with Crippen LogP contribution in [0.1, 0.15) is 10.7 Å². The van der Waals surface area contributed by atoms with Crippen molar-refractivity contribution in [2.45, 2.75) is 13.3 Å². The number of aromatic nitrogens is 2. The number of hydrogen-bond donors (Lipinski definition) is 1. The molecule has 7 nitrogen and oxygen atoms in total. The molecular weight excluding hydrogens is 350 g/mol. The van der Waals surface area contributed by atoms with Gasteiger partial charge in [0.2, 0.25) is 0 Å². The molecular formula is C18H21N5O2S. The number of anilines is 1. The highest BCUT2D eigenvalue weighted by atomic mass is 32.1. The number of benzene rings is 1. The van der Waals surface area contributed by atoms with Crippen LogP contribution in [0, 0.1) is 6.92 Å². The summed E-state index contributed by atoms with van der Waals surface area (Å²) in [6, 6.07) is 8.35. The van der Waals surface area contributed by atoms with E-state index in [1.54, 1.807) is 11.3 Å². The van der Waals surface area contributed by atoms with Gasteiger partial charge in [0.15, 0.2) is 5.58 Å². The Hall–Kier alpha value is -2.61. The molecule has 0 aliphatic carbocycles. The van der Waals surface area contributed by atoms with Crippen LogP contribution in [0.3, 0.4) is 0 Å². The van der Waals surface area contributed by atoms with Gasteiger partial charge in [0.05, 0.1) is 5.01 Å². The van der Waals surface area contributed by atoms with Gasteiger partial charge < -0.3 is 19.5 Å². The maximum atomic E-state index is 12.3. The summed E-state index contributed by atoms with van der Waals surface area (Å²) in [5.74, 6) is 0. The minimum atomic E-state index is -0.0181. The standard InChI is InChI=1S/C18H21N5O2S/c1-13-12-26-16(20-13)6-7-19-17(24)22-8-10-23(11-9-22)18-21-14-4-2-3-5-15(14)25-18/h2-5,12H,6-11H2,1H3,(H,19,24). The molecule has 8 heteroatoms. The number of piperazine rings is 1. The van der Waals surface area contributed by atoms with E-state index in [9.17, 15) is 4.79 Å². The van der Waals surface area contributed by atoms with Gasteiger partial charge in [0.25, 0.3) is 6.01 Å². The van der Waals surface area contributed by atoms with Gasteiger partial charge in [-0.3, -0.25) is 0 Å². The van der Waals surface area contributed by atoms with Gasteiger partial charge in [-0.15, -0.1) is 11.3 Å². The third-order valence-electron chi connectivity index (χ3n) is 4.40. The molecule has 3 aromatic rings. The minimum Gasteiger partial charge on any atom is -0.423 e. The van der Waals surface area contributed by atoms with Crippen LogP contribution in [0.2, 0.25) is 0 Å². The maximum Gasteiger partial charge on any atom is 0.317 e. The Morgan fingerprint density at radius 1 is 1.23 bits per heavy atom. The van der Waals surface area contributed by atoms with Crippen molar-refractivity contribution in [3.63, 3.8) is 0 Å². The topological polar surface area (TPSA) is 74.5 Å². The van der Waals surface area contributed by atoms with Crippen molar-refractivity contribution in [2.24, 2.45) is 0 Å². The van der Waals surface area contributed by atoms with Crippen molar-refractivity contribution in [3.8, 4) is 0 Å². The molecule has 1 aliphatic heterocycles. The van der Waals surface area contributed by atoms with Crippen LogP contribution >= 0.6 is 11.3 Å². The number of carbonyl (C=O) groups is 1. The zero-order valence-corrected chi connectivity index (χ0v) is 15.5. The molecule has 1 fully saturated rings. The fraction of sp³-hybridized carbons (Fsp3) is 0.389. The number of oxazole rings is 1. The number of para-hydroxylation sites is 2. The third-order valence-corrected chi connectivity index (χ3v) is 5.43. The monoisotopic (exact) mass is 371 g/mol. The lowest BCUT2D eigenvalue weighted by molar-refractivity contribution is 0.193. The summed E-state index contributed by atoms with van der Waals surface area (Å²) >= 11 is 1.64.